The highest BCUT2D eigenvalue weighted by Gasteiger charge is 2.11. The minimum Gasteiger partial charge on any atom is -0.395 e. The van der Waals surface area contributed by atoms with Crippen LogP contribution < -0.4 is 10.6 Å². The summed E-state index contributed by atoms with van der Waals surface area (Å²) in [5, 5.41) is 15.3. The molecule has 0 radical (unpaired) electrons. The van der Waals surface area contributed by atoms with Crippen LogP contribution in [0.15, 0.2) is 18.2 Å². The van der Waals surface area contributed by atoms with Crippen LogP contribution in [0, 0.1) is 0 Å². The molecule has 6 heteroatoms. The van der Waals surface area contributed by atoms with E-state index in [9.17, 15) is 4.79 Å². The molecule has 0 aliphatic heterocycles. The third-order valence-corrected chi connectivity index (χ3v) is 3.12. The van der Waals surface area contributed by atoms with Crippen LogP contribution in [0.2, 0.25) is 10.0 Å². The van der Waals surface area contributed by atoms with Crippen LogP contribution in [0.25, 0.3) is 0 Å². The summed E-state index contributed by atoms with van der Waals surface area (Å²) in [4.78, 5) is 11.7. The molecule has 0 aliphatic rings. The number of amides is 1. The van der Waals surface area contributed by atoms with E-state index in [1.54, 1.807) is 18.2 Å². The molecule has 1 unspecified atom stereocenters. The fraction of sp³-hybridized carbons (Fsp3) is 0.417. The Morgan fingerprint density at radius 2 is 2.00 bits per heavy atom. The molecule has 1 aromatic carbocycles. The van der Waals surface area contributed by atoms with Gasteiger partial charge in [-0.3, -0.25) is 4.79 Å². The van der Waals surface area contributed by atoms with E-state index in [2.05, 4.69) is 10.6 Å². The second-order valence-corrected chi connectivity index (χ2v) is 4.63. The Balaban J connectivity index is 2.55. The van der Waals surface area contributed by atoms with E-state index in [0.717, 1.165) is 6.42 Å². The van der Waals surface area contributed by atoms with Gasteiger partial charge in [0.2, 0.25) is 5.91 Å². The smallest absolute Gasteiger partial charge is 0.238 e. The molecule has 0 spiro atoms. The molecule has 1 atom stereocenters. The van der Waals surface area contributed by atoms with Gasteiger partial charge in [0, 0.05) is 6.04 Å². The topological polar surface area (TPSA) is 61.4 Å². The Morgan fingerprint density at radius 3 is 2.50 bits per heavy atom. The average molecular weight is 291 g/mol. The predicted octanol–water partition coefficient (Wildman–Crippen LogP) is 2.29. The first-order chi connectivity index (χ1) is 8.58. The first-order valence-corrected chi connectivity index (χ1v) is 6.42. The van der Waals surface area contributed by atoms with Gasteiger partial charge in [0.15, 0.2) is 0 Å². The number of nitrogens with one attached hydrogen (secondary N) is 2. The summed E-state index contributed by atoms with van der Waals surface area (Å²) in [5.41, 5.74) is 0.407. The largest absolute Gasteiger partial charge is 0.395 e. The van der Waals surface area contributed by atoms with Gasteiger partial charge in [0.25, 0.3) is 0 Å². The van der Waals surface area contributed by atoms with Crippen molar-refractivity contribution in [1.82, 2.24) is 5.32 Å². The fourth-order valence-electron chi connectivity index (χ4n) is 1.38. The summed E-state index contributed by atoms with van der Waals surface area (Å²) in [6, 6.07) is 4.92. The lowest BCUT2D eigenvalue weighted by Gasteiger charge is -2.14. The van der Waals surface area contributed by atoms with Crippen LogP contribution in [0.4, 0.5) is 5.69 Å². The first kappa shape index (κ1) is 15.2. The third kappa shape index (κ3) is 4.46. The Kier molecular flexibility index (Phi) is 6.43. The standard InChI is InChI=1S/C12H16Cl2N2O2/c1-2-8(7-17)15-6-11(18)16-12-9(13)4-3-5-10(12)14/h3-5,8,15,17H,2,6-7H2,1H3,(H,16,18). The Hall–Kier alpha value is -0.810. The number of anilines is 1. The van der Waals surface area contributed by atoms with Crippen molar-refractivity contribution in [1.29, 1.82) is 0 Å². The molecule has 1 aromatic rings. The summed E-state index contributed by atoms with van der Waals surface area (Å²) in [6.45, 7) is 2.02. The van der Waals surface area contributed by atoms with Gasteiger partial charge < -0.3 is 15.7 Å². The van der Waals surface area contributed by atoms with Crippen LogP contribution in [-0.4, -0.2) is 30.2 Å². The van der Waals surface area contributed by atoms with Crippen LogP contribution in [0.3, 0.4) is 0 Å². The van der Waals surface area contributed by atoms with Crippen molar-refractivity contribution in [2.24, 2.45) is 0 Å². The van der Waals surface area contributed by atoms with Crippen LogP contribution in [0.1, 0.15) is 13.3 Å². The molecule has 0 saturated heterocycles. The van der Waals surface area contributed by atoms with Crippen molar-refractivity contribution in [3.8, 4) is 0 Å². The van der Waals surface area contributed by atoms with E-state index in [1.807, 2.05) is 6.92 Å². The molecule has 3 N–H and O–H groups in total. The van der Waals surface area contributed by atoms with E-state index in [-0.39, 0.29) is 25.1 Å². The van der Waals surface area contributed by atoms with E-state index >= 15 is 0 Å². The molecule has 4 nitrogen and oxygen atoms in total. The van der Waals surface area contributed by atoms with Gasteiger partial charge in [-0.15, -0.1) is 0 Å². The van der Waals surface area contributed by atoms with Crippen LogP contribution in [-0.2, 0) is 4.79 Å². The van der Waals surface area contributed by atoms with Gasteiger partial charge in [-0.25, -0.2) is 0 Å². The number of aliphatic hydroxyl groups excluding tert-OH is 1. The monoisotopic (exact) mass is 290 g/mol. The van der Waals surface area contributed by atoms with Crippen molar-refractivity contribution < 1.29 is 9.90 Å². The summed E-state index contributed by atoms with van der Waals surface area (Å²) in [7, 11) is 0. The molecular weight excluding hydrogens is 275 g/mol. The number of benzene rings is 1. The summed E-state index contributed by atoms with van der Waals surface area (Å²) < 4.78 is 0. The fourth-order valence-corrected chi connectivity index (χ4v) is 1.87. The normalized spacial score (nSPS) is 12.2. The molecule has 0 bridgehead atoms. The van der Waals surface area contributed by atoms with Crippen molar-refractivity contribution in [2.45, 2.75) is 19.4 Å². The van der Waals surface area contributed by atoms with Crippen LogP contribution >= 0.6 is 23.2 Å². The number of halogens is 2. The molecule has 0 heterocycles. The molecule has 18 heavy (non-hydrogen) atoms. The van der Waals surface area contributed by atoms with E-state index in [1.165, 1.54) is 0 Å². The second-order valence-electron chi connectivity index (χ2n) is 3.81. The maximum Gasteiger partial charge on any atom is 0.238 e. The number of hydrogen-bond acceptors (Lipinski definition) is 3. The first-order valence-electron chi connectivity index (χ1n) is 5.66. The average Bonchev–Trinajstić information content (AvgIpc) is 2.35. The van der Waals surface area contributed by atoms with Crippen molar-refractivity contribution in [3.63, 3.8) is 0 Å². The van der Waals surface area contributed by atoms with Gasteiger partial charge in [0.05, 0.1) is 28.9 Å². The highest BCUT2D eigenvalue weighted by Crippen LogP contribution is 2.29. The summed E-state index contributed by atoms with van der Waals surface area (Å²) >= 11 is 11.9. The number of carbonyl (C=O) groups is 1. The molecule has 1 rings (SSSR count). The number of hydrogen-bond donors (Lipinski definition) is 3. The lowest BCUT2D eigenvalue weighted by atomic mass is 10.2. The highest BCUT2D eigenvalue weighted by atomic mass is 35.5. The second kappa shape index (κ2) is 7.59. The lowest BCUT2D eigenvalue weighted by molar-refractivity contribution is -0.115. The maximum atomic E-state index is 11.7. The highest BCUT2D eigenvalue weighted by molar-refractivity contribution is 6.39. The Morgan fingerprint density at radius 1 is 1.39 bits per heavy atom. The van der Waals surface area contributed by atoms with Crippen molar-refractivity contribution in [2.75, 3.05) is 18.5 Å². The third-order valence-electron chi connectivity index (χ3n) is 2.49. The van der Waals surface area contributed by atoms with Crippen molar-refractivity contribution >= 4 is 34.8 Å². The van der Waals surface area contributed by atoms with Crippen LogP contribution in [0.5, 0.6) is 0 Å². The number of aliphatic hydroxyl groups is 1. The molecule has 0 aromatic heterocycles. The van der Waals surface area contributed by atoms with Gasteiger partial charge in [-0.2, -0.15) is 0 Å². The molecule has 100 valence electrons. The Labute approximate surface area is 116 Å². The summed E-state index contributed by atoms with van der Waals surface area (Å²) in [5.74, 6) is -0.253. The zero-order chi connectivity index (χ0) is 13.5. The SMILES string of the molecule is CCC(CO)NCC(=O)Nc1c(Cl)cccc1Cl. The Bertz CT molecular complexity index is 389. The minimum atomic E-state index is -0.253. The van der Waals surface area contributed by atoms with E-state index < -0.39 is 0 Å². The van der Waals surface area contributed by atoms with E-state index in [4.69, 9.17) is 28.3 Å². The quantitative estimate of drug-likeness (QED) is 0.753. The molecular formula is C12H16Cl2N2O2. The number of para-hydroxylation sites is 1. The van der Waals surface area contributed by atoms with Gasteiger partial charge in [0.1, 0.15) is 0 Å². The zero-order valence-corrected chi connectivity index (χ0v) is 11.6. The van der Waals surface area contributed by atoms with E-state index in [0.29, 0.717) is 15.7 Å². The van der Waals surface area contributed by atoms with Gasteiger partial charge >= 0.3 is 0 Å². The predicted molar refractivity (Wildman–Crippen MR) is 74.3 cm³/mol. The lowest BCUT2D eigenvalue weighted by Crippen LogP contribution is -2.37. The van der Waals surface area contributed by atoms with Crippen molar-refractivity contribution in [3.05, 3.63) is 28.2 Å². The number of carbonyl (C=O) groups excluding carboxylic acids is 1. The van der Waals surface area contributed by atoms with Gasteiger partial charge in [-0.05, 0) is 18.6 Å². The molecule has 0 saturated carbocycles. The summed E-state index contributed by atoms with van der Waals surface area (Å²) in [6.07, 6.45) is 0.747. The molecule has 0 aliphatic carbocycles. The number of rotatable bonds is 6. The minimum absolute atomic E-state index is 0.00334. The molecule has 0 fully saturated rings. The maximum absolute atomic E-state index is 11.7. The zero-order valence-electron chi connectivity index (χ0n) is 10.0. The molecule has 1 amide bonds. The van der Waals surface area contributed by atoms with Gasteiger partial charge in [-0.1, -0.05) is 36.2 Å².